The van der Waals surface area contributed by atoms with Crippen LogP contribution in [0.5, 0.6) is 0 Å². The molecule has 1 aromatic rings. The predicted octanol–water partition coefficient (Wildman–Crippen LogP) is 1.76. The molecule has 2 amide bonds. The first-order valence-corrected chi connectivity index (χ1v) is 6.71. The first-order chi connectivity index (χ1) is 10.3. The van der Waals surface area contributed by atoms with Crippen LogP contribution in [-0.2, 0) is 4.79 Å². The second-order valence-electron chi connectivity index (χ2n) is 4.40. The number of nitrogens with one attached hydrogen (secondary N) is 2. The zero-order valence-corrected chi connectivity index (χ0v) is 12.2. The quantitative estimate of drug-likeness (QED) is 0.663. The topological polar surface area (TPSA) is 84.2 Å². The number of amides is 2. The molecule has 0 aliphatic heterocycles. The van der Waals surface area contributed by atoms with E-state index in [2.05, 4.69) is 5.32 Å². The highest BCUT2D eigenvalue weighted by molar-refractivity contribution is 6.34. The van der Waals surface area contributed by atoms with Crippen molar-refractivity contribution < 1.29 is 22.8 Å². The van der Waals surface area contributed by atoms with Crippen LogP contribution in [0.15, 0.2) is 18.2 Å². The Kier molecular flexibility index (Phi) is 6.97. The number of benzene rings is 1. The molecule has 0 aliphatic rings. The summed E-state index contributed by atoms with van der Waals surface area (Å²) >= 11 is 5.84. The summed E-state index contributed by atoms with van der Waals surface area (Å²) in [5.41, 5.74) is 6.05. The fourth-order valence-electron chi connectivity index (χ4n) is 1.49. The fraction of sp³-hybridized carbons (Fsp3) is 0.385. The van der Waals surface area contributed by atoms with Gasteiger partial charge in [0.25, 0.3) is 12.3 Å². The van der Waals surface area contributed by atoms with Gasteiger partial charge in [0.15, 0.2) is 6.17 Å². The van der Waals surface area contributed by atoms with Crippen LogP contribution in [0.4, 0.5) is 18.9 Å². The van der Waals surface area contributed by atoms with Gasteiger partial charge in [-0.2, -0.15) is 0 Å². The number of nitrogen functional groups attached to an aromatic ring is 1. The Labute approximate surface area is 130 Å². The van der Waals surface area contributed by atoms with E-state index in [1.807, 2.05) is 5.32 Å². The number of halogens is 4. The number of carbonyl (C=O) groups excluding carboxylic acids is 2. The number of alkyl halides is 3. The molecule has 0 saturated heterocycles. The number of nitrogens with two attached hydrogens (primary N) is 1. The summed E-state index contributed by atoms with van der Waals surface area (Å²) in [5, 5.41) is 4.64. The minimum absolute atomic E-state index is 0.0541. The molecule has 0 aromatic heterocycles. The third-order valence-electron chi connectivity index (χ3n) is 2.64. The Morgan fingerprint density at radius 3 is 2.55 bits per heavy atom. The maximum atomic E-state index is 12.6. The molecule has 5 nitrogen and oxygen atoms in total. The number of rotatable bonds is 7. The Balaban J connectivity index is 2.36. The van der Waals surface area contributed by atoms with E-state index in [0.717, 1.165) is 0 Å². The SMILES string of the molecule is Nc1ccc(Cl)c(C(=O)NCCC(=O)NCC(F)C(F)F)c1. The maximum absolute atomic E-state index is 12.6. The molecule has 1 unspecified atom stereocenters. The highest BCUT2D eigenvalue weighted by Crippen LogP contribution is 2.18. The van der Waals surface area contributed by atoms with Gasteiger partial charge in [0, 0.05) is 18.7 Å². The lowest BCUT2D eigenvalue weighted by atomic mass is 10.2. The second kappa shape index (κ2) is 8.47. The number of hydrogen-bond acceptors (Lipinski definition) is 3. The minimum atomic E-state index is -3.15. The largest absolute Gasteiger partial charge is 0.399 e. The summed E-state index contributed by atoms with van der Waals surface area (Å²) in [7, 11) is 0. The molecule has 0 fully saturated rings. The lowest BCUT2D eigenvalue weighted by Crippen LogP contribution is -2.35. The smallest absolute Gasteiger partial charge is 0.271 e. The van der Waals surface area contributed by atoms with E-state index in [-0.39, 0.29) is 23.6 Å². The molecule has 9 heteroatoms. The van der Waals surface area contributed by atoms with Gasteiger partial charge in [-0.25, -0.2) is 13.2 Å². The van der Waals surface area contributed by atoms with E-state index in [1.54, 1.807) is 0 Å². The third-order valence-corrected chi connectivity index (χ3v) is 2.97. The van der Waals surface area contributed by atoms with E-state index in [1.165, 1.54) is 18.2 Å². The summed E-state index contributed by atoms with van der Waals surface area (Å²) in [6.07, 6.45) is -5.74. The second-order valence-corrected chi connectivity index (χ2v) is 4.81. The lowest BCUT2D eigenvalue weighted by molar-refractivity contribution is -0.121. The molecular weight excluding hydrogens is 323 g/mol. The van der Waals surface area contributed by atoms with Crippen LogP contribution in [0, 0.1) is 0 Å². The predicted molar refractivity (Wildman–Crippen MR) is 76.7 cm³/mol. The number of anilines is 1. The molecule has 0 radical (unpaired) electrons. The molecule has 1 atom stereocenters. The average Bonchev–Trinajstić information content (AvgIpc) is 2.46. The van der Waals surface area contributed by atoms with Crippen molar-refractivity contribution in [1.29, 1.82) is 0 Å². The summed E-state index contributed by atoms with van der Waals surface area (Å²) in [6, 6.07) is 4.38. The van der Waals surface area contributed by atoms with Crippen molar-refractivity contribution in [3.63, 3.8) is 0 Å². The van der Waals surface area contributed by atoms with Crippen LogP contribution in [0.2, 0.25) is 5.02 Å². The zero-order valence-electron chi connectivity index (χ0n) is 11.4. The molecule has 1 aromatic carbocycles. The summed E-state index contributed by atoms with van der Waals surface area (Å²) in [4.78, 5) is 23.1. The third kappa shape index (κ3) is 5.80. The highest BCUT2D eigenvalue weighted by Gasteiger charge is 2.19. The Morgan fingerprint density at radius 2 is 1.91 bits per heavy atom. The Hall–Kier alpha value is -1.96. The van der Waals surface area contributed by atoms with Gasteiger partial charge >= 0.3 is 0 Å². The van der Waals surface area contributed by atoms with Gasteiger partial charge in [-0.3, -0.25) is 9.59 Å². The molecule has 0 aliphatic carbocycles. The van der Waals surface area contributed by atoms with Crippen LogP contribution in [0.25, 0.3) is 0 Å². The van der Waals surface area contributed by atoms with Crippen molar-refractivity contribution in [3.8, 4) is 0 Å². The van der Waals surface area contributed by atoms with Gasteiger partial charge in [0.05, 0.1) is 17.1 Å². The van der Waals surface area contributed by atoms with Crippen LogP contribution >= 0.6 is 11.6 Å². The maximum Gasteiger partial charge on any atom is 0.271 e. The van der Waals surface area contributed by atoms with Crippen LogP contribution in [0.3, 0.4) is 0 Å². The van der Waals surface area contributed by atoms with Gasteiger partial charge < -0.3 is 16.4 Å². The Morgan fingerprint density at radius 1 is 1.23 bits per heavy atom. The number of carbonyl (C=O) groups is 2. The molecule has 0 spiro atoms. The van der Waals surface area contributed by atoms with E-state index in [0.29, 0.717) is 5.69 Å². The van der Waals surface area contributed by atoms with E-state index in [9.17, 15) is 22.8 Å². The number of hydrogen-bond donors (Lipinski definition) is 3. The first-order valence-electron chi connectivity index (χ1n) is 6.33. The minimum Gasteiger partial charge on any atom is -0.399 e. The molecule has 0 bridgehead atoms. The standard InChI is InChI=1S/C13H15ClF3N3O2/c14-9-2-1-7(18)5-8(9)13(22)19-4-3-11(21)20-6-10(15)12(16)17/h1-2,5,10,12H,3-4,6,18H2,(H,19,22)(H,20,21). The molecule has 122 valence electrons. The van der Waals surface area contributed by atoms with Crippen LogP contribution in [0.1, 0.15) is 16.8 Å². The van der Waals surface area contributed by atoms with Gasteiger partial charge in [0.1, 0.15) is 0 Å². The van der Waals surface area contributed by atoms with Crippen molar-refractivity contribution in [2.45, 2.75) is 19.0 Å². The normalized spacial score (nSPS) is 12.0. The van der Waals surface area contributed by atoms with Crippen molar-refractivity contribution >= 4 is 29.1 Å². The van der Waals surface area contributed by atoms with E-state index < -0.39 is 31.0 Å². The summed E-state index contributed by atoms with van der Waals surface area (Å²) in [5.74, 6) is -1.18. The van der Waals surface area contributed by atoms with Crippen molar-refractivity contribution in [2.24, 2.45) is 0 Å². The van der Waals surface area contributed by atoms with Gasteiger partial charge in [-0.05, 0) is 18.2 Å². The molecule has 0 heterocycles. The van der Waals surface area contributed by atoms with Gasteiger partial charge in [-0.1, -0.05) is 11.6 Å². The van der Waals surface area contributed by atoms with Gasteiger partial charge in [-0.15, -0.1) is 0 Å². The van der Waals surface area contributed by atoms with E-state index in [4.69, 9.17) is 17.3 Å². The summed E-state index contributed by atoms with van der Waals surface area (Å²) < 4.78 is 36.4. The lowest BCUT2D eigenvalue weighted by Gasteiger charge is -2.10. The summed E-state index contributed by atoms with van der Waals surface area (Å²) in [6.45, 7) is -0.826. The molecule has 22 heavy (non-hydrogen) atoms. The molecule has 4 N–H and O–H groups in total. The molecule has 1 rings (SSSR count). The van der Waals surface area contributed by atoms with Gasteiger partial charge in [0.2, 0.25) is 5.91 Å². The highest BCUT2D eigenvalue weighted by atomic mass is 35.5. The molecular formula is C13H15ClF3N3O2. The fourth-order valence-corrected chi connectivity index (χ4v) is 1.69. The monoisotopic (exact) mass is 337 g/mol. The van der Waals surface area contributed by atoms with Crippen molar-refractivity contribution in [1.82, 2.24) is 10.6 Å². The van der Waals surface area contributed by atoms with Crippen molar-refractivity contribution in [2.75, 3.05) is 18.8 Å². The van der Waals surface area contributed by atoms with Crippen molar-refractivity contribution in [3.05, 3.63) is 28.8 Å². The molecule has 0 saturated carbocycles. The Bertz CT molecular complexity index is 543. The van der Waals surface area contributed by atoms with Crippen LogP contribution < -0.4 is 16.4 Å². The zero-order chi connectivity index (χ0) is 16.7. The van der Waals surface area contributed by atoms with Crippen LogP contribution in [-0.4, -0.2) is 37.5 Å². The van der Waals surface area contributed by atoms with E-state index >= 15 is 0 Å². The first kappa shape index (κ1) is 18.1. The average molecular weight is 338 g/mol.